The third kappa shape index (κ3) is 7.50. The summed E-state index contributed by atoms with van der Waals surface area (Å²) in [7, 11) is 1.86. The Morgan fingerprint density at radius 1 is 1.33 bits per heavy atom. The van der Waals surface area contributed by atoms with Crippen LogP contribution in [0.5, 0.6) is 5.75 Å². The number of rotatable bonds is 7. The van der Waals surface area contributed by atoms with E-state index in [0.29, 0.717) is 6.10 Å². The molecule has 2 heterocycles. The van der Waals surface area contributed by atoms with E-state index in [-0.39, 0.29) is 24.0 Å². The second kappa shape index (κ2) is 12.5. The van der Waals surface area contributed by atoms with Crippen molar-refractivity contribution in [1.29, 1.82) is 0 Å². The maximum Gasteiger partial charge on any atom is 0.193 e. The number of thioether (sulfide) groups is 1. The Balaban J connectivity index is 0.00000261. The number of benzene rings is 1. The van der Waals surface area contributed by atoms with E-state index >= 15 is 0 Å². The Hall–Kier alpha value is -1.000. The number of likely N-dealkylation sites (tertiary alicyclic amines) is 1. The number of thiazole rings is 1. The summed E-state index contributed by atoms with van der Waals surface area (Å²) in [5, 5.41) is 5.51. The first kappa shape index (κ1) is 22.3. The normalized spacial score (nSPS) is 15.3. The number of nitrogens with one attached hydrogen (secondary N) is 1. The van der Waals surface area contributed by atoms with E-state index in [1.165, 1.54) is 0 Å². The summed E-state index contributed by atoms with van der Waals surface area (Å²) >= 11 is 3.52. The Labute approximate surface area is 187 Å². The molecule has 1 saturated heterocycles. The first-order valence-electron chi connectivity index (χ1n) is 9.05. The lowest BCUT2D eigenvalue weighted by Crippen LogP contribution is -2.47. The summed E-state index contributed by atoms with van der Waals surface area (Å²) < 4.78 is 7.22. The third-order valence-corrected chi connectivity index (χ3v) is 6.29. The SMILES string of the molecule is CN=C(NCCCSc1nccs1)N1CCC(Oc2ccccc2)CC1.I. The molecule has 0 atom stereocenters. The van der Waals surface area contributed by atoms with Crippen LogP contribution in [0.4, 0.5) is 0 Å². The van der Waals surface area contributed by atoms with Crippen LogP contribution in [0, 0.1) is 0 Å². The molecule has 148 valence electrons. The van der Waals surface area contributed by atoms with Gasteiger partial charge < -0.3 is 15.0 Å². The molecule has 2 aromatic rings. The molecule has 1 aromatic carbocycles. The number of halogens is 1. The van der Waals surface area contributed by atoms with Crippen LogP contribution >= 0.6 is 47.1 Å². The van der Waals surface area contributed by atoms with Crippen LogP contribution < -0.4 is 10.1 Å². The van der Waals surface area contributed by atoms with E-state index in [2.05, 4.69) is 20.2 Å². The number of hydrogen-bond donors (Lipinski definition) is 1. The molecule has 0 amide bonds. The molecule has 1 fully saturated rings. The van der Waals surface area contributed by atoms with E-state index < -0.39 is 0 Å². The zero-order chi connectivity index (χ0) is 18.0. The standard InChI is InChI=1S/C19H26N4OS2.HI/c1-20-18(21-10-5-14-25-19-22-11-15-26-19)23-12-8-17(9-13-23)24-16-6-3-2-4-7-16;/h2-4,6-7,11,15,17H,5,8-10,12-14H2,1H3,(H,20,21);1H. The molecular weight excluding hydrogens is 491 g/mol. The second-order valence-electron chi connectivity index (χ2n) is 6.09. The maximum atomic E-state index is 6.07. The highest BCUT2D eigenvalue weighted by Gasteiger charge is 2.22. The van der Waals surface area contributed by atoms with Crippen LogP contribution in [0.25, 0.3) is 0 Å². The Morgan fingerprint density at radius 3 is 2.78 bits per heavy atom. The van der Waals surface area contributed by atoms with E-state index in [0.717, 1.165) is 60.7 Å². The van der Waals surface area contributed by atoms with Gasteiger partial charge >= 0.3 is 0 Å². The predicted octanol–water partition coefficient (Wildman–Crippen LogP) is 4.36. The van der Waals surface area contributed by atoms with Crippen LogP contribution in [-0.4, -0.2) is 54.4 Å². The number of piperidine rings is 1. The van der Waals surface area contributed by atoms with Crippen molar-refractivity contribution < 1.29 is 4.74 Å². The van der Waals surface area contributed by atoms with Crippen LogP contribution in [0.15, 0.2) is 51.2 Å². The van der Waals surface area contributed by atoms with Crippen molar-refractivity contribution in [3.05, 3.63) is 41.9 Å². The van der Waals surface area contributed by atoms with Gasteiger partial charge in [0.05, 0.1) is 0 Å². The Bertz CT molecular complexity index is 662. The quantitative estimate of drug-likeness (QED) is 0.194. The van der Waals surface area contributed by atoms with Crippen molar-refractivity contribution in [2.24, 2.45) is 4.99 Å². The zero-order valence-electron chi connectivity index (χ0n) is 15.5. The highest BCUT2D eigenvalue weighted by Crippen LogP contribution is 2.21. The second-order valence-corrected chi connectivity index (χ2v) is 8.33. The van der Waals surface area contributed by atoms with Gasteiger partial charge in [0.2, 0.25) is 0 Å². The molecular formula is C19H27IN4OS2. The molecule has 27 heavy (non-hydrogen) atoms. The van der Waals surface area contributed by atoms with Crippen LogP contribution in [-0.2, 0) is 0 Å². The molecule has 0 aliphatic carbocycles. The van der Waals surface area contributed by atoms with E-state index in [9.17, 15) is 0 Å². The van der Waals surface area contributed by atoms with Crippen molar-refractivity contribution in [1.82, 2.24) is 15.2 Å². The molecule has 1 aromatic heterocycles. The lowest BCUT2D eigenvalue weighted by atomic mass is 10.1. The summed E-state index contributed by atoms with van der Waals surface area (Å²) in [6.45, 7) is 2.89. The largest absolute Gasteiger partial charge is 0.490 e. The van der Waals surface area contributed by atoms with E-state index in [4.69, 9.17) is 4.74 Å². The van der Waals surface area contributed by atoms with E-state index in [1.54, 1.807) is 11.3 Å². The van der Waals surface area contributed by atoms with Gasteiger partial charge in [0.25, 0.3) is 0 Å². The molecule has 0 bridgehead atoms. The third-order valence-electron chi connectivity index (χ3n) is 4.24. The van der Waals surface area contributed by atoms with Gasteiger partial charge in [0.15, 0.2) is 5.96 Å². The van der Waals surface area contributed by atoms with Gasteiger partial charge in [-0.2, -0.15) is 0 Å². The lowest BCUT2D eigenvalue weighted by molar-refractivity contribution is 0.129. The fourth-order valence-corrected chi connectivity index (χ4v) is 4.57. The number of para-hydroxylation sites is 1. The number of aromatic nitrogens is 1. The molecule has 0 saturated carbocycles. The van der Waals surface area contributed by atoms with Crippen molar-refractivity contribution in [2.45, 2.75) is 29.7 Å². The number of guanidine groups is 1. The van der Waals surface area contributed by atoms with E-state index in [1.807, 2.05) is 60.7 Å². The Morgan fingerprint density at radius 2 is 2.11 bits per heavy atom. The first-order valence-corrected chi connectivity index (χ1v) is 10.9. The minimum atomic E-state index is 0. The molecule has 1 aliphatic heterocycles. The predicted molar refractivity (Wildman–Crippen MR) is 126 cm³/mol. The van der Waals surface area contributed by atoms with Crippen molar-refractivity contribution in [3.63, 3.8) is 0 Å². The summed E-state index contributed by atoms with van der Waals surface area (Å²) in [6.07, 6.45) is 5.29. The first-order chi connectivity index (χ1) is 12.8. The molecule has 3 rings (SSSR count). The summed E-state index contributed by atoms with van der Waals surface area (Å²) in [5.74, 6) is 3.04. The van der Waals surface area contributed by atoms with Crippen molar-refractivity contribution >= 4 is 53.0 Å². The number of ether oxygens (including phenoxy) is 1. The van der Waals surface area contributed by atoms with Crippen molar-refractivity contribution in [2.75, 3.05) is 32.4 Å². The van der Waals surface area contributed by atoms with Gasteiger partial charge in [-0.25, -0.2) is 4.98 Å². The fourth-order valence-electron chi connectivity index (χ4n) is 2.92. The average Bonchev–Trinajstić information content (AvgIpc) is 3.20. The number of aliphatic imine (C=N–C) groups is 1. The molecule has 0 radical (unpaired) electrons. The molecule has 1 N–H and O–H groups in total. The topological polar surface area (TPSA) is 49.8 Å². The molecule has 8 heteroatoms. The summed E-state index contributed by atoms with van der Waals surface area (Å²) in [4.78, 5) is 11.1. The van der Waals surface area contributed by atoms with Crippen LogP contribution in [0.2, 0.25) is 0 Å². The summed E-state index contributed by atoms with van der Waals surface area (Å²) in [6, 6.07) is 10.1. The highest BCUT2D eigenvalue weighted by molar-refractivity contribution is 14.0. The maximum absolute atomic E-state index is 6.07. The van der Waals surface area contributed by atoms with Gasteiger partial charge in [-0.05, 0) is 18.6 Å². The van der Waals surface area contributed by atoms with Crippen molar-refractivity contribution in [3.8, 4) is 5.75 Å². The van der Waals surface area contributed by atoms with Gasteiger partial charge in [0.1, 0.15) is 16.2 Å². The van der Waals surface area contributed by atoms with Gasteiger partial charge in [0, 0.05) is 56.9 Å². The van der Waals surface area contributed by atoms with Gasteiger partial charge in [-0.3, -0.25) is 4.99 Å². The minimum absolute atomic E-state index is 0. The number of hydrogen-bond acceptors (Lipinski definition) is 5. The average molecular weight is 518 g/mol. The zero-order valence-corrected chi connectivity index (χ0v) is 19.5. The van der Waals surface area contributed by atoms with Crippen LogP contribution in [0.3, 0.4) is 0 Å². The minimum Gasteiger partial charge on any atom is -0.490 e. The van der Waals surface area contributed by atoms with Gasteiger partial charge in [-0.1, -0.05) is 30.0 Å². The molecule has 0 spiro atoms. The van der Waals surface area contributed by atoms with Gasteiger partial charge in [-0.15, -0.1) is 35.3 Å². The number of nitrogens with zero attached hydrogens (tertiary/aromatic N) is 3. The summed E-state index contributed by atoms with van der Waals surface area (Å²) in [5.41, 5.74) is 0. The lowest BCUT2D eigenvalue weighted by Gasteiger charge is -2.34. The smallest absolute Gasteiger partial charge is 0.193 e. The highest BCUT2D eigenvalue weighted by atomic mass is 127. The Kier molecular flexibility index (Phi) is 10.3. The molecule has 0 unspecified atom stereocenters. The monoisotopic (exact) mass is 518 g/mol. The molecule has 5 nitrogen and oxygen atoms in total. The fraction of sp³-hybridized carbons (Fsp3) is 0.474. The van der Waals surface area contributed by atoms with Crippen LogP contribution in [0.1, 0.15) is 19.3 Å². The molecule has 1 aliphatic rings.